The van der Waals surface area contributed by atoms with Gasteiger partial charge < -0.3 is 19.9 Å². The van der Waals surface area contributed by atoms with Crippen LogP contribution in [0.5, 0.6) is 5.75 Å². The molecular weight excluding hydrogens is 342 g/mol. The fourth-order valence-electron chi connectivity index (χ4n) is 3.91. The van der Waals surface area contributed by atoms with Crippen molar-refractivity contribution in [1.29, 1.82) is 0 Å². The molecule has 6 nitrogen and oxygen atoms in total. The third-order valence-electron chi connectivity index (χ3n) is 5.58. The molecule has 1 aromatic carbocycles. The van der Waals surface area contributed by atoms with Crippen molar-refractivity contribution in [2.75, 3.05) is 33.3 Å². The van der Waals surface area contributed by atoms with E-state index in [1.807, 2.05) is 34.1 Å². The van der Waals surface area contributed by atoms with Crippen LogP contribution in [0.4, 0.5) is 4.79 Å². The zero-order chi connectivity index (χ0) is 19.1. The molecule has 1 saturated heterocycles. The van der Waals surface area contributed by atoms with Gasteiger partial charge in [0.2, 0.25) is 5.91 Å². The van der Waals surface area contributed by atoms with Crippen LogP contribution < -0.4 is 10.1 Å². The summed E-state index contributed by atoms with van der Waals surface area (Å²) in [5.74, 6) is 0.912. The molecule has 3 rings (SSSR count). The SMILES string of the molecule is COc1ccc(CC(=O)N2CCCN(C(=O)NC3CCCCC3)CC2)cc1. The number of methoxy groups -OCH3 is 1. The standard InChI is InChI=1S/C21H31N3O3/c1-27-19-10-8-17(9-11-19)16-20(25)23-12-5-13-24(15-14-23)21(26)22-18-6-3-2-4-7-18/h8-11,18H,2-7,12-16H2,1H3,(H,22,26). The Kier molecular flexibility index (Phi) is 6.96. The summed E-state index contributed by atoms with van der Waals surface area (Å²) in [4.78, 5) is 28.9. The Hall–Kier alpha value is -2.24. The van der Waals surface area contributed by atoms with E-state index < -0.39 is 0 Å². The van der Waals surface area contributed by atoms with Gasteiger partial charge in [-0.05, 0) is 37.0 Å². The highest BCUT2D eigenvalue weighted by Crippen LogP contribution is 2.18. The third kappa shape index (κ3) is 5.62. The van der Waals surface area contributed by atoms with Gasteiger partial charge in [0.05, 0.1) is 13.5 Å². The Morgan fingerprint density at radius 1 is 0.963 bits per heavy atom. The molecule has 1 aliphatic heterocycles. The number of hydrogen-bond acceptors (Lipinski definition) is 3. The first-order valence-corrected chi connectivity index (χ1v) is 10.1. The van der Waals surface area contributed by atoms with E-state index in [4.69, 9.17) is 4.74 Å². The van der Waals surface area contributed by atoms with Gasteiger partial charge in [0, 0.05) is 32.2 Å². The van der Waals surface area contributed by atoms with Crippen LogP contribution in [0.1, 0.15) is 44.1 Å². The lowest BCUT2D eigenvalue weighted by molar-refractivity contribution is -0.130. The number of rotatable bonds is 4. The largest absolute Gasteiger partial charge is 0.497 e. The normalized spacial score (nSPS) is 18.7. The van der Waals surface area contributed by atoms with Gasteiger partial charge in [-0.2, -0.15) is 0 Å². The van der Waals surface area contributed by atoms with Crippen molar-refractivity contribution < 1.29 is 14.3 Å². The molecule has 2 fully saturated rings. The highest BCUT2D eigenvalue weighted by Gasteiger charge is 2.24. The summed E-state index contributed by atoms with van der Waals surface area (Å²) in [6, 6.07) is 7.97. The van der Waals surface area contributed by atoms with Crippen molar-refractivity contribution in [2.45, 2.75) is 51.0 Å². The van der Waals surface area contributed by atoms with Gasteiger partial charge >= 0.3 is 6.03 Å². The molecule has 1 heterocycles. The topological polar surface area (TPSA) is 61.9 Å². The van der Waals surface area contributed by atoms with E-state index in [1.54, 1.807) is 7.11 Å². The lowest BCUT2D eigenvalue weighted by atomic mass is 9.96. The second-order valence-corrected chi connectivity index (χ2v) is 7.53. The Bertz CT molecular complexity index is 626. The summed E-state index contributed by atoms with van der Waals surface area (Å²) in [5.41, 5.74) is 0.983. The zero-order valence-electron chi connectivity index (χ0n) is 16.3. The van der Waals surface area contributed by atoms with Crippen LogP contribution in [0.15, 0.2) is 24.3 Å². The van der Waals surface area contributed by atoms with Gasteiger partial charge in [-0.1, -0.05) is 31.4 Å². The fraction of sp³-hybridized carbons (Fsp3) is 0.619. The minimum atomic E-state index is 0.0337. The Morgan fingerprint density at radius 2 is 1.63 bits per heavy atom. The maximum Gasteiger partial charge on any atom is 0.317 e. The summed E-state index contributed by atoms with van der Waals surface area (Å²) >= 11 is 0. The average Bonchev–Trinajstić information content (AvgIpc) is 2.96. The molecule has 1 saturated carbocycles. The summed E-state index contributed by atoms with van der Waals surface area (Å²) < 4.78 is 5.16. The third-order valence-corrected chi connectivity index (χ3v) is 5.58. The number of amides is 3. The van der Waals surface area contributed by atoms with Gasteiger partial charge in [0.15, 0.2) is 0 Å². The first-order valence-electron chi connectivity index (χ1n) is 10.1. The predicted molar refractivity (Wildman–Crippen MR) is 105 cm³/mol. The van der Waals surface area contributed by atoms with Crippen LogP contribution in [-0.2, 0) is 11.2 Å². The first kappa shape index (κ1) is 19.5. The van der Waals surface area contributed by atoms with Crippen molar-refractivity contribution in [2.24, 2.45) is 0 Å². The Morgan fingerprint density at radius 3 is 2.33 bits per heavy atom. The molecule has 0 radical (unpaired) electrons. The number of urea groups is 1. The highest BCUT2D eigenvalue weighted by atomic mass is 16.5. The maximum atomic E-state index is 12.6. The molecule has 1 aliphatic carbocycles. The number of benzene rings is 1. The van der Waals surface area contributed by atoms with E-state index >= 15 is 0 Å². The smallest absolute Gasteiger partial charge is 0.317 e. The summed E-state index contributed by atoms with van der Waals surface area (Å²) in [6.45, 7) is 2.63. The minimum Gasteiger partial charge on any atom is -0.497 e. The maximum absolute atomic E-state index is 12.6. The lowest BCUT2D eigenvalue weighted by Gasteiger charge is -2.27. The molecular formula is C21H31N3O3. The van der Waals surface area contributed by atoms with Crippen LogP contribution in [0.3, 0.4) is 0 Å². The molecule has 6 heteroatoms. The van der Waals surface area contributed by atoms with E-state index in [9.17, 15) is 9.59 Å². The van der Waals surface area contributed by atoms with E-state index in [-0.39, 0.29) is 11.9 Å². The van der Waals surface area contributed by atoms with Gasteiger partial charge in [-0.15, -0.1) is 0 Å². The zero-order valence-corrected chi connectivity index (χ0v) is 16.3. The molecule has 27 heavy (non-hydrogen) atoms. The van der Waals surface area contributed by atoms with Gasteiger partial charge in [-0.25, -0.2) is 4.79 Å². The second-order valence-electron chi connectivity index (χ2n) is 7.53. The molecule has 2 aliphatic rings. The fourth-order valence-corrected chi connectivity index (χ4v) is 3.91. The summed E-state index contributed by atoms with van der Waals surface area (Å²) in [5, 5.41) is 3.18. The number of nitrogens with zero attached hydrogens (tertiary/aromatic N) is 2. The number of hydrogen-bond donors (Lipinski definition) is 1. The Balaban J connectivity index is 1.47. The van der Waals surface area contributed by atoms with Gasteiger partial charge in [0.1, 0.15) is 5.75 Å². The monoisotopic (exact) mass is 373 g/mol. The van der Waals surface area contributed by atoms with Crippen molar-refractivity contribution in [3.8, 4) is 5.75 Å². The van der Waals surface area contributed by atoms with E-state index in [0.717, 1.165) is 30.6 Å². The second kappa shape index (κ2) is 9.62. The number of carbonyl (C=O) groups excluding carboxylic acids is 2. The molecule has 1 N–H and O–H groups in total. The molecule has 148 valence electrons. The van der Waals surface area contributed by atoms with Gasteiger partial charge in [0.25, 0.3) is 0 Å². The first-order chi connectivity index (χ1) is 13.2. The van der Waals surface area contributed by atoms with Crippen LogP contribution >= 0.6 is 0 Å². The number of nitrogens with one attached hydrogen (secondary N) is 1. The summed E-state index contributed by atoms with van der Waals surface area (Å²) in [7, 11) is 1.63. The van der Waals surface area contributed by atoms with Crippen molar-refractivity contribution >= 4 is 11.9 Å². The van der Waals surface area contributed by atoms with Crippen LogP contribution in [0, 0.1) is 0 Å². The predicted octanol–water partition coefficient (Wildman–Crippen LogP) is 2.81. The van der Waals surface area contributed by atoms with Crippen LogP contribution in [-0.4, -0.2) is 61.1 Å². The molecule has 3 amide bonds. The molecule has 0 bridgehead atoms. The van der Waals surface area contributed by atoms with Crippen molar-refractivity contribution in [1.82, 2.24) is 15.1 Å². The Labute approximate surface area is 161 Å². The van der Waals surface area contributed by atoms with E-state index in [2.05, 4.69) is 5.32 Å². The molecule has 0 spiro atoms. The van der Waals surface area contributed by atoms with Crippen molar-refractivity contribution in [3.05, 3.63) is 29.8 Å². The average molecular weight is 373 g/mol. The summed E-state index contributed by atoms with van der Waals surface area (Å²) in [6.07, 6.45) is 7.08. The van der Waals surface area contributed by atoms with Crippen LogP contribution in [0.25, 0.3) is 0 Å². The highest BCUT2D eigenvalue weighted by molar-refractivity contribution is 5.79. The molecule has 0 unspecified atom stereocenters. The molecule has 0 atom stereocenters. The lowest BCUT2D eigenvalue weighted by Crippen LogP contribution is -2.47. The van der Waals surface area contributed by atoms with E-state index in [0.29, 0.717) is 38.6 Å². The van der Waals surface area contributed by atoms with Crippen molar-refractivity contribution in [3.63, 3.8) is 0 Å². The quantitative estimate of drug-likeness (QED) is 0.883. The molecule has 1 aromatic rings. The molecule has 0 aromatic heterocycles. The van der Waals surface area contributed by atoms with Crippen LogP contribution in [0.2, 0.25) is 0 Å². The van der Waals surface area contributed by atoms with E-state index in [1.165, 1.54) is 19.3 Å². The minimum absolute atomic E-state index is 0.0337. The number of carbonyl (C=O) groups is 2. The van der Waals surface area contributed by atoms with Gasteiger partial charge in [-0.3, -0.25) is 4.79 Å². The number of ether oxygens (including phenoxy) is 1.